The number of nitrogens with zero attached hydrogens (tertiary/aromatic N) is 2. The molecule has 0 fully saturated rings. The van der Waals surface area contributed by atoms with Crippen LogP contribution in [0.3, 0.4) is 0 Å². The quantitative estimate of drug-likeness (QED) is 0.403. The van der Waals surface area contributed by atoms with Crippen LogP contribution in [0.2, 0.25) is 0 Å². The molecule has 0 saturated carbocycles. The zero-order valence-electron chi connectivity index (χ0n) is 6.17. The van der Waals surface area contributed by atoms with Gasteiger partial charge in [0.1, 0.15) is 0 Å². The Hall–Kier alpha value is -0.660. The van der Waals surface area contributed by atoms with E-state index < -0.39 is 0 Å². The summed E-state index contributed by atoms with van der Waals surface area (Å²) in [4.78, 5) is 8.09. The third-order valence-electron chi connectivity index (χ3n) is 0.940. The Bertz CT molecular complexity index is 83.1. The molecule has 0 N–H and O–H groups in total. The maximum Gasteiger partial charge on any atom is 0.0402 e. The van der Waals surface area contributed by atoms with Crippen molar-refractivity contribution in [2.24, 2.45) is 9.98 Å². The van der Waals surface area contributed by atoms with Crippen LogP contribution in [-0.2, 0) is 0 Å². The van der Waals surface area contributed by atoms with Gasteiger partial charge in [-0.3, -0.25) is 9.98 Å². The van der Waals surface area contributed by atoms with Gasteiger partial charge in [0, 0.05) is 13.1 Å². The van der Waals surface area contributed by atoms with Gasteiger partial charge in [-0.15, -0.1) is 0 Å². The molecule has 0 aliphatic rings. The zero-order chi connectivity index (χ0) is 6.95. The van der Waals surface area contributed by atoms with E-state index in [0.717, 1.165) is 19.5 Å². The first kappa shape index (κ1) is 8.34. The largest absolute Gasteiger partial charge is 0.298 e. The molecule has 0 rings (SSSR count). The van der Waals surface area contributed by atoms with Gasteiger partial charge in [-0.2, -0.15) is 0 Å². The van der Waals surface area contributed by atoms with Crippen molar-refractivity contribution in [1.82, 2.24) is 0 Å². The first-order valence-electron chi connectivity index (χ1n) is 3.30. The van der Waals surface area contributed by atoms with Crippen LogP contribution in [0.5, 0.6) is 0 Å². The van der Waals surface area contributed by atoms with Crippen LogP contribution >= 0.6 is 0 Å². The number of hydrogen-bond donors (Lipinski definition) is 0. The maximum absolute atomic E-state index is 4.04. The van der Waals surface area contributed by atoms with E-state index in [0.29, 0.717) is 0 Å². The summed E-state index contributed by atoms with van der Waals surface area (Å²) < 4.78 is 0. The Kier molecular flexibility index (Phi) is 6.80. The molecule has 0 aliphatic carbocycles. The van der Waals surface area contributed by atoms with Gasteiger partial charge in [-0.05, 0) is 32.7 Å². The van der Waals surface area contributed by atoms with Gasteiger partial charge in [-0.25, -0.2) is 0 Å². The third-order valence-corrected chi connectivity index (χ3v) is 0.940. The van der Waals surface area contributed by atoms with Crippen LogP contribution in [0.25, 0.3) is 0 Å². The van der Waals surface area contributed by atoms with Crippen molar-refractivity contribution >= 4 is 12.4 Å². The molecule has 52 valence electrons. The lowest BCUT2D eigenvalue weighted by Crippen LogP contribution is -1.85. The van der Waals surface area contributed by atoms with Gasteiger partial charge in [0.25, 0.3) is 0 Å². The van der Waals surface area contributed by atoms with E-state index >= 15 is 0 Å². The van der Waals surface area contributed by atoms with Crippen molar-refractivity contribution in [1.29, 1.82) is 0 Å². The zero-order valence-corrected chi connectivity index (χ0v) is 6.17. The highest BCUT2D eigenvalue weighted by Crippen LogP contribution is 1.80. The van der Waals surface area contributed by atoms with Gasteiger partial charge in [0.15, 0.2) is 0 Å². The molecule has 0 heterocycles. The Morgan fingerprint density at radius 3 is 1.78 bits per heavy atom. The lowest BCUT2D eigenvalue weighted by molar-refractivity contribution is 0.850. The second-order valence-corrected chi connectivity index (χ2v) is 1.68. The molecule has 2 heteroatoms. The third kappa shape index (κ3) is 7.34. The van der Waals surface area contributed by atoms with Crippen molar-refractivity contribution < 1.29 is 0 Å². The van der Waals surface area contributed by atoms with Gasteiger partial charge >= 0.3 is 0 Å². The molecular formula is C7H14N2. The summed E-state index contributed by atoms with van der Waals surface area (Å²) in [5.74, 6) is 0. The Morgan fingerprint density at radius 2 is 1.44 bits per heavy atom. The number of rotatable bonds is 4. The van der Waals surface area contributed by atoms with E-state index in [-0.39, 0.29) is 0 Å². The topological polar surface area (TPSA) is 24.7 Å². The van der Waals surface area contributed by atoms with E-state index in [4.69, 9.17) is 0 Å². The van der Waals surface area contributed by atoms with E-state index in [2.05, 4.69) is 9.98 Å². The molecule has 0 saturated heterocycles. The van der Waals surface area contributed by atoms with Crippen LogP contribution in [0.15, 0.2) is 9.98 Å². The van der Waals surface area contributed by atoms with Crippen molar-refractivity contribution in [2.45, 2.75) is 20.3 Å². The molecule has 0 atom stereocenters. The maximum atomic E-state index is 4.04. The second-order valence-electron chi connectivity index (χ2n) is 1.68. The molecule has 0 bridgehead atoms. The molecule has 0 unspecified atom stereocenters. The first-order valence-corrected chi connectivity index (χ1v) is 3.30. The van der Waals surface area contributed by atoms with Crippen molar-refractivity contribution in [3.8, 4) is 0 Å². The van der Waals surface area contributed by atoms with Gasteiger partial charge < -0.3 is 0 Å². The molecular weight excluding hydrogens is 112 g/mol. The Labute approximate surface area is 56.7 Å². The SMILES string of the molecule is C/C=N/CCC/N=C/C. The van der Waals surface area contributed by atoms with Crippen molar-refractivity contribution in [2.75, 3.05) is 13.1 Å². The summed E-state index contributed by atoms with van der Waals surface area (Å²) >= 11 is 0. The fraction of sp³-hybridized carbons (Fsp3) is 0.714. The summed E-state index contributed by atoms with van der Waals surface area (Å²) in [6, 6.07) is 0. The highest BCUT2D eigenvalue weighted by Gasteiger charge is 1.77. The minimum absolute atomic E-state index is 0.911. The molecule has 2 nitrogen and oxygen atoms in total. The molecule has 0 amide bonds. The Balaban J connectivity index is 2.91. The van der Waals surface area contributed by atoms with Gasteiger partial charge in [-0.1, -0.05) is 0 Å². The van der Waals surface area contributed by atoms with Crippen LogP contribution in [-0.4, -0.2) is 25.5 Å². The smallest absolute Gasteiger partial charge is 0.0402 e. The average Bonchev–Trinajstić information content (AvgIpc) is 1.89. The molecule has 9 heavy (non-hydrogen) atoms. The molecule has 0 spiro atoms. The van der Waals surface area contributed by atoms with E-state index in [1.165, 1.54) is 0 Å². The van der Waals surface area contributed by atoms with E-state index in [9.17, 15) is 0 Å². The van der Waals surface area contributed by atoms with Crippen LogP contribution in [0, 0.1) is 0 Å². The lowest BCUT2D eigenvalue weighted by atomic mass is 10.4. The molecule has 0 radical (unpaired) electrons. The van der Waals surface area contributed by atoms with Crippen LogP contribution in [0.4, 0.5) is 0 Å². The monoisotopic (exact) mass is 126 g/mol. The predicted molar refractivity (Wildman–Crippen MR) is 42.7 cm³/mol. The highest BCUT2D eigenvalue weighted by molar-refractivity contribution is 5.53. The number of hydrogen-bond acceptors (Lipinski definition) is 2. The average molecular weight is 126 g/mol. The molecule has 0 aliphatic heterocycles. The predicted octanol–water partition coefficient (Wildman–Crippen LogP) is 1.56. The first-order chi connectivity index (χ1) is 4.41. The van der Waals surface area contributed by atoms with E-state index in [1.807, 2.05) is 26.3 Å². The highest BCUT2D eigenvalue weighted by atomic mass is 14.7. The number of aliphatic imine (C=N–C) groups is 2. The fourth-order valence-electron chi connectivity index (χ4n) is 0.511. The van der Waals surface area contributed by atoms with Crippen LogP contribution < -0.4 is 0 Å². The molecule has 0 aromatic heterocycles. The summed E-state index contributed by atoms with van der Waals surface area (Å²) in [5.41, 5.74) is 0. The van der Waals surface area contributed by atoms with Crippen molar-refractivity contribution in [3.63, 3.8) is 0 Å². The minimum atomic E-state index is 0.911. The van der Waals surface area contributed by atoms with Crippen LogP contribution in [0.1, 0.15) is 20.3 Å². The summed E-state index contributed by atoms with van der Waals surface area (Å²) in [6.45, 7) is 5.69. The standard InChI is InChI=1S/C7H14N2/c1-3-8-6-5-7-9-4-2/h3-4H,5-7H2,1-2H3/b8-3+,9-4+. The summed E-state index contributed by atoms with van der Waals surface area (Å²) in [6.07, 6.45) is 4.72. The lowest BCUT2D eigenvalue weighted by Gasteiger charge is -1.87. The van der Waals surface area contributed by atoms with E-state index in [1.54, 1.807) is 0 Å². The minimum Gasteiger partial charge on any atom is -0.298 e. The molecule has 0 aromatic rings. The second kappa shape index (κ2) is 7.34. The van der Waals surface area contributed by atoms with Gasteiger partial charge in [0.05, 0.1) is 0 Å². The van der Waals surface area contributed by atoms with Crippen molar-refractivity contribution in [3.05, 3.63) is 0 Å². The molecule has 0 aromatic carbocycles. The fourth-order valence-corrected chi connectivity index (χ4v) is 0.511. The summed E-state index contributed by atoms with van der Waals surface area (Å²) in [5, 5.41) is 0. The Morgan fingerprint density at radius 1 is 1.00 bits per heavy atom. The van der Waals surface area contributed by atoms with Gasteiger partial charge in [0.2, 0.25) is 0 Å². The normalized spacial score (nSPS) is 11.8. The summed E-state index contributed by atoms with van der Waals surface area (Å²) in [7, 11) is 0.